The van der Waals surface area contributed by atoms with Gasteiger partial charge in [0.25, 0.3) is 0 Å². The molecule has 0 heterocycles. The van der Waals surface area contributed by atoms with Crippen LogP contribution < -0.4 is 20.1 Å². The first kappa shape index (κ1) is 21.0. The topological polar surface area (TPSA) is 54.9 Å². The number of aliphatic imine (C=N–C) groups is 1. The highest BCUT2D eigenvalue weighted by Gasteiger charge is 2.06. The van der Waals surface area contributed by atoms with E-state index in [0.717, 1.165) is 5.56 Å². The lowest BCUT2D eigenvalue weighted by molar-refractivity contribution is 0.354. The van der Waals surface area contributed by atoms with Gasteiger partial charge in [-0.25, -0.2) is 4.39 Å². The molecule has 0 aliphatic carbocycles. The van der Waals surface area contributed by atoms with Gasteiger partial charge in [0.15, 0.2) is 17.5 Å². The number of methoxy groups -OCH3 is 2. The van der Waals surface area contributed by atoms with E-state index in [1.54, 1.807) is 39.5 Å². The van der Waals surface area contributed by atoms with Crippen molar-refractivity contribution in [2.45, 2.75) is 13.1 Å². The van der Waals surface area contributed by atoms with Crippen molar-refractivity contribution in [1.82, 2.24) is 10.6 Å². The quantitative estimate of drug-likeness (QED) is 0.396. The first-order valence-electron chi connectivity index (χ1n) is 7.56. The molecule has 0 unspecified atom stereocenters. The standard InChI is InChI=1S/C18H22FN3O2.HI/c1-20-18(22-12-14-6-4-5-7-15(14)19)21-11-13-8-9-16(23-2)17(10-13)24-3;/h4-10H,11-12H2,1-3H3,(H2,20,21,22);1H. The summed E-state index contributed by atoms with van der Waals surface area (Å²) in [5.41, 5.74) is 1.60. The summed E-state index contributed by atoms with van der Waals surface area (Å²) in [6, 6.07) is 12.4. The van der Waals surface area contributed by atoms with Crippen LogP contribution in [0.3, 0.4) is 0 Å². The smallest absolute Gasteiger partial charge is 0.191 e. The zero-order valence-corrected chi connectivity index (χ0v) is 16.8. The third kappa shape index (κ3) is 6.08. The van der Waals surface area contributed by atoms with Gasteiger partial charge in [-0.15, -0.1) is 24.0 Å². The third-order valence-electron chi connectivity index (χ3n) is 3.54. The summed E-state index contributed by atoms with van der Waals surface area (Å²) < 4.78 is 24.1. The molecule has 7 heteroatoms. The highest BCUT2D eigenvalue weighted by Crippen LogP contribution is 2.27. The zero-order chi connectivity index (χ0) is 17.4. The Morgan fingerprint density at radius 1 is 1.00 bits per heavy atom. The van der Waals surface area contributed by atoms with Crippen LogP contribution >= 0.6 is 24.0 Å². The third-order valence-corrected chi connectivity index (χ3v) is 3.54. The van der Waals surface area contributed by atoms with Gasteiger partial charge in [-0.2, -0.15) is 0 Å². The Hall–Kier alpha value is -2.03. The summed E-state index contributed by atoms with van der Waals surface area (Å²) in [4.78, 5) is 4.14. The Balaban J connectivity index is 0.00000312. The Morgan fingerprint density at radius 2 is 1.68 bits per heavy atom. The monoisotopic (exact) mass is 459 g/mol. The molecule has 0 aromatic heterocycles. The van der Waals surface area contributed by atoms with Crippen LogP contribution in [0.5, 0.6) is 11.5 Å². The minimum absolute atomic E-state index is 0. The summed E-state index contributed by atoms with van der Waals surface area (Å²) in [6.45, 7) is 0.912. The predicted molar refractivity (Wildman–Crippen MR) is 108 cm³/mol. The molecule has 2 aromatic rings. The minimum atomic E-state index is -0.236. The molecule has 0 fully saturated rings. The highest BCUT2D eigenvalue weighted by molar-refractivity contribution is 14.0. The fraction of sp³-hybridized carbons (Fsp3) is 0.278. The van der Waals surface area contributed by atoms with Crippen LogP contribution in [-0.4, -0.2) is 27.2 Å². The molecule has 0 saturated carbocycles. The van der Waals surface area contributed by atoms with Gasteiger partial charge in [0.05, 0.1) is 14.2 Å². The molecule has 0 bridgehead atoms. The van der Waals surface area contributed by atoms with E-state index in [0.29, 0.717) is 36.1 Å². The van der Waals surface area contributed by atoms with Gasteiger partial charge in [-0.3, -0.25) is 4.99 Å². The van der Waals surface area contributed by atoms with E-state index in [-0.39, 0.29) is 29.8 Å². The molecule has 0 saturated heterocycles. The maximum atomic E-state index is 13.6. The Labute approximate surface area is 164 Å². The van der Waals surface area contributed by atoms with Crippen molar-refractivity contribution in [2.24, 2.45) is 4.99 Å². The van der Waals surface area contributed by atoms with E-state index >= 15 is 0 Å². The average molecular weight is 459 g/mol. The van der Waals surface area contributed by atoms with Gasteiger partial charge in [-0.05, 0) is 23.8 Å². The van der Waals surface area contributed by atoms with Crippen molar-refractivity contribution in [3.63, 3.8) is 0 Å². The summed E-state index contributed by atoms with van der Waals surface area (Å²) in [5, 5.41) is 6.28. The number of hydrogen-bond donors (Lipinski definition) is 2. The fourth-order valence-electron chi connectivity index (χ4n) is 2.22. The Kier molecular flexibility index (Phi) is 9.04. The molecule has 0 atom stereocenters. The Morgan fingerprint density at radius 3 is 2.32 bits per heavy atom. The molecular formula is C18H23FIN3O2. The van der Waals surface area contributed by atoms with E-state index in [2.05, 4.69) is 15.6 Å². The molecule has 0 aliphatic rings. The van der Waals surface area contributed by atoms with Gasteiger partial charge in [-0.1, -0.05) is 24.3 Å². The second kappa shape index (κ2) is 10.8. The van der Waals surface area contributed by atoms with Crippen LogP contribution in [0.4, 0.5) is 4.39 Å². The van der Waals surface area contributed by atoms with E-state index in [4.69, 9.17) is 9.47 Å². The maximum Gasteiger partial charge on any atom is 0.191 e. The SMILES string of the molecule is CN=C(NCc1ccc(OC)c(OC)c1)NCc1ccccc1F.I. The summed E-state index contributed by atoms with van der Waals surface area (Å²) in [7, 11) is 4.87. The lowest BCUT2D eigenvalue weighted by atomic mass is 10.2. The number of benzene rings is 2. The molecule has 2 aromatic carbocycles. The van der Waals surface area contributed by atoms with Gasteiger partial charge < -0.3 is 20.1 Å². The molecular weight excluding hydrogens is 436 g/mol. The van der Waals surface area contributed by atoms with Gasteiger partial charge >= 0.3 is 0 Å². The zero-order valence-electron chi connectivity index (χ0n) is 14.5. The molecule has 2 N–H and O–H groups in total. The minimum Gasteiger partial charge on any atom is -0.493 e. The summed E-state index contributed by atoms with van der Waals surface area (Å²) in [5.74, 6) is 1.71. The lowest BCUT2D eigenvalue weighted by Gasteiger charge is -2.14. The van der Waals surface area contributed by atoms with Crippen molar-refractivity contribution < 1.29 is 13.9 Å². The molecule has 25 heavy (non-hydrogen) atoms. The first-order chi connectivity index (χ1) is 11.7. The maximum absolute atomic E-state index is 13.6. The van der Waals surface area contributed by atoms with Crippen molar-refractivity contribution in [3.05, 3.63) is 59.4 Å². The highest BCUT2D eigenvalue weighted by atomic mass is 127. The van der Waals surface area contributed by atoms with E-state index in [1.807, 2.05) is 18.2 Å². The van der Waals surface area contributed by atoms with Crippen LogP contribution in [0.1, 0.15) is 11.1 Å². The molecule has 0 spiro atoms. The lowest BCUT2D eigenvalue weighted by Crippen LogP contribution is -2.36. The van der Waals surface area contributed by atoms with Gasteiger partial charge in [0.1, 0.15) is 5.82 Å². The number of nitrogens with one attached hydrogen (secondary N) is 2. The van der Waals surface area contributed by atoms with Crippen LogP contribution in [-0.2, 0) is 13.1 Å². The molecule has 2 rings (SSSR count). The van der Waals surface area contributed by atoms with Gasteiger partial charge in [0.2, 0.25) is 0 Å². The number of hydrogen-bond acceptors (Lipinski definition) is 3. The number of halogens is 2. The molecule has 0 radical (unpaired) electrons. The summed E-state index contributed by atoms with van der Waals surface area (Å²) in [6.07, 6.45) is 0. The second-order valence-corrected chi connectivity index (χ2v) is 5.06. The number of ether oxygens (including phenoxy) is 2. The van der Waals surface area contributed by atoms with Crippen molar-refractivity contribution in [2.75, 3.05) is 21.3 Å². The molecule has 0 aliphatic heterocycles. The normalized spacial score (nSPS) is 10.6. The van der Waals surface area contributed by atoms with Crippen LogP contribution in [0.15, 0.2) is 47.5 Å². The molecule has 5 nitrogen and oxygen atoms in total. The molecule has 136 valence electrons. The van der Waals surface area contributed by atoms with E-state index in [1.165, 1.54) is 6.07 Å². The number of rotatable bonds is 6. The fourth-order valence-corrected chi connectivity index (χ4v) is 2.22. The first-order valence-corrected chi connectivity index (χ1v) is 7.56. The van der Waals surface area contributed by atoms with Gasteiger partial charge in [0, 0.05) is 25.7 Å². The predicted octanol–water partition coefficient (Wildman–Crippen LogP) is 3.33. The molecule has 0 amide bonds. The largest absolute Gasteiger partial charge is 0.493 e. The van der Waals surface area contributed by atoms with Crippen molar-refractivity contribution in [1.29, 1.82) is 0 Å². The second-order valence-electron chi connectivity index (χ2n) is 5.06. The van der Waals surface area contributed by atoms with Crippen LogP contribution in [0.25, 0.3) is 0 Å². The van der Waals surface area contributed by atoms with Crippen LogP contribution in [0, 0.1) is 5.82 Å². The van der Waals surface area contributed by atoms with Crippen molar-refractivity contribution in [3.8, 4) is 11.5 Å². The Bertz CT molecular complexity index is 710. The van der Waals surface area contributed by atoms with E-state index in [9.17, 15) is 4.39 Å². The number of guanidine groups is 1. The number of nitrogens with zero attached hydrogens (tertiary/aromatic N) is 1. The van der Waals surface area contributed by atoms with E-state index < -0.39 is 0 Å². The summed E-state index contributed by atoms with van der Waals surface area (Å²) >= 11 is 0. The van der Waals surface area contributed by atoms with Crippen LogP contribution in [0.2, 0.25) is 0 Å². The average Bonchev–Trinajstić information content (AvgIpc) is 2.62. The van der Waals surface area contributed by atoms with Crippen molar-refractivity contribution >= 4 is 29.9 Å².